The lowest BCUT2D eigenvalue weighted by Gasteiger charge is -2.36. The molecule has 0 aromatic heterocycles. The van der Waals surface area contributed by atoms with Crippen molar-refractivity contribution in [1.29, 1.82) is 0 Å². The maximum atomic E-state index is 13.3. The van der Waals surface area contributed by atoms with Gasteiger partial charge in [0.1, 0.15) is 10.6 Å². The number of nitrogens with one attached hydrogen (secondary N) is 1. The number of amides is 1. The fraction of sp³-hybridized carbons (Fsp3) is 0.536. The molecule has 8 nitrogen and oxygen atoms in total. The average molecular weight is 526 g/mol. The number of carbonyl (C=O) groups excluding carboxylic acids is 1. The van der Waals surface area contributed by atoms with Crippen molar-refractivity contribution in [3.8, 4) is 5.75 Å². The molecule has 3 fully saturated rings. The highest BCUT2D eigenvalue weighted by Crippen LogP contribution is 2.31. The first-order chi connectivity index (χ1) is 17.9. The molecule has 1 N–H and O–H groups in total. The molecule has 2 aromatic carbocycles. The summed E-state index contributed by atoms with van der Waals surface area (Å²) in [7, 11) is -3.67. The predicted octanol–water partition coefficient (Wildman–Crippen LogP) is 2.91. The van der Waals surface area contributed by atoms with E-state index in [1.165, 1.54) is 11.1 Å². The van der Waals surface area contributed by atoms with Crippen LogP contribution in [-0.4, -0.2) is 63.1 Å². The van der Waals surface area contributed by atoms with Crippen molar-refractivity contribution in [2.24, 2.45) is 11.8 Å². The number of rotatable bonds is 9. The van der Waals surface area contributed by atoms with Crippen molar-refractivity contribution in [2.75, 3.05) is 32.9 Å². The standard InChI is InChI=1S/C28H35N3O5S/c32-28(24-18-35-19-24)31-11-9-20(10-12-31)17-36-26-8-5-21(13-27(26)37(33,34)29-25-6-7-25)14-30-15-22-3-1-2-4-23(22)16-30/h1-5,8,13,20,24-25,29H,6-7,9-12,14-19H2. The SMILES string of the molecule is O=C(C1COC1)N1CCC(COc2ccc(CN3Cc4ccccc4C3)cc2S(=O)(=O)NC2CC2)CC1. The lowest BCUT2D eigenvalue weighted by atomic mass is 9.96. The minimum atomic E-state index is -3.67. The predicted molar refractivity (Wildman–Crippen MR) is 138 cm³/mol. The van der Waals surface area contributed by atoms with E-state index >= 15 is 0 Å². The Morgan fingerprint density at radius 1 is 1.00 bits per heavy atom. The number of benzene rings is 2. The van der Waals surface area contributed by atoms with E-state index in [4.69, 9.17) is 9.47 Å². The summed E-state index contributed by atoms with van der Waals surface area (Å²) in [4.78, 5) is 17.0. The number of sulfonamides is 1. The highest BCUT2D eigenvalue weighted by atomic mass is 32.2. The minimum absolute atomic E-state index is 0.0211. The Hall–Kier alpha value is -2.46. The molecule has 6 rings (SSSR count). The summed E-state index contributed by atoms with van der Waals surface area (Å²) in [5, 5.41) is 0. The van der Waals surface area contributed by atoms with E-state index in [1.54, 1.807) is 6.07 Å². The van der Waals surface area contributed by atoms with Gasteiger partial charge in [-0.05, 0) is 60.4 Å². The van der Waals surface area contributed by atoms with Gasteiger partial charge in [-0.2, -0.15) is 0 Å². The van der Waals surface area contributed by atoms with Gasteiger partial charge in [-0.25, -0.2) is 13.1 Å². The van der Waals surface area contributed by atoms with E-state index in [1.807, 2.05) is 17.0 Å². The summed E-state index contributed by atoms with van der Waals surface area (Å²) in [5.74, 6) is 0.915. The van der Waals surface area contributed by atoms with Crippen LogP contribution in [0.2, 0.25) is 0 Å². The van der Waals surface area contributed by atoms with Crippen molar-refractivity contribution in [3.05, 3.63) is 59.2 Å². The van der Waals surface area contributed by atoms with Crippen LogP contribution < -0.4 is 9.46 Å². The summed E-state index contributed by atoms with van der Waals surface area (Å²) >= 11 is 0. The maximum Gasteiger partial charge on any atom is 0.244 e. The summed E-state index contributed by atoms with van der Waals surface area (Å²) in [6, 6.07) is 14.0. The number of nitrogens with zero attached hydrogens (tertiary/aromatic N) is 2. The second-order valence-corrected chi connectivity index (χ2v) is 12.6. The van der Waals surface area contributed by atoms with Crippen molar-refractivity contribution in [1.82, 2.24) is 14.5 Å². The lowest BCUT2D eigenvalue weighted by Crippen LogP contribution is -2.48. The Bertz CT molecular complexity index is 1230. The normalized spacial score (nSPS) is 21.0. The quantitative estimate of drug-likeness (QED) is 0.542. The van der Waals surface area contributed by atoms with Crippen LogP contribution in [0.5, 0.6) is 5.75 Å². The van der Waals surface area contributed by atoms with Crippen LogP contribution in [0, 0.1) is 11.8 Å². The van der Waals surface area contributed by atoms with Crippen LogP contribution >= 0.6 is 0 Å². The van der Waals surface area contributed by atoms with Crippen molar-refractivity contribution in [3.63, 3.8) is 0 Å². The monoisotopic (exact) mass is 525 g/mol. The van der Waals surface area contributed by atoms with E-state index in [9.17, 15) is 13.2 Å². The van der Waals surface area contributed by atoms with E-state index < -0.39 is 10.0 Å². The first-order valence-electron chi connectivity index (χ1n) is 13.4. The number of ether oxygens (including phenoxy) is 2. The number of fused-ring (bicyclic) bond motifs is 1. The average Bonchev–Trinajstić information content (AvgIpc) is 3.57. The molecule has 0 spiro atoms. The van der Waals surface area contributed by atoms with Gasteiger partial charge in [0.2, 0.25) is 15.9 Å². The fourth-order valence-corrected chi connectivity index (χ4v) is 6.90. The van der Waals surface area contributed by atoms with Crippen LogP contribution in [-0.2, 0) is 39.2 Å². The molecule has 0 bridgehead atoms. The van der Waals surface area contributed by atoms with Gasteiger partial charge in [-0.3, -0.25) is 9.69 Å². The van der Waals surface area contributed by atoms with Gasteiger partial charge >= 0.3 is 0 Å². The highest BCUT2D eigenvalue weighted by molar-refractivity contribution is 7.89. The Balaban J connectivity index is 1.11. The van der Waals surface area contributed by atoms with Crippen molar-refractivity contribution in [2.45, 2.75) is 56.3 Å². The van der Waals surface area contributed by atoms with Gasteiger partial charge in [-0.15, -0.1) is 0 Å². The second kappa shape index (κ2) is 10.4. The highest BCUT2D eigenvalue weighted by Gasteiger charge is 2.33. The smallest absolute Gasteiger partial charge is 0.244 e. The molecule has 198 valence electrons. The van der Waals surface area contributed by atoms with Gasteiger partial charge in [0.15, 0.2) is 0 Å². The Kier molecular flexibility index (Phi) is 6.96. The molecule has 0 unspecified atom stereocenters. The summed E-state index contributed by atoms with van der Waals surface area (Å²) in [6.45, 7) is 5.37. The van der Waals surface area contributed by atoms with E-state index in [-0.39, 0.29) is 28.7 Å². The van der Waals surface area contributed by atoms with Crippen LogP contribution in [0.25, 0.3) is 0 Å². The molecule has 3 heterocycles. The van der Waals surface area contributed by atoms with Gasteiger partial charge < -0.3 is 14.4 Å². The molecule has 0 radical (unpaired) electrons. The summed E-state index contributed by atoms with van der Waals surface area (Å²) in [5.41, 5.74) is 3.63. The minimum Gasteiger partial charge on any atom is -0.492 e. The van der Waals surface area contributed by atoms with Gasteiger partial charge in [0.25, 0.3) is 0 Å². The molecule has 1 saturated carbocycles. The first kappa shape index (κ1) is 24.9. The molecular weight excluding hydrogens is 490 g/mol. The van der Waals surface area contributed by atoms with E-state index in [0.717, 1.165) is 57.4 Å². The molecule has 37 heavy (non-hydrogen) atoms. The van der Waals surface area contributed by atoms with E-state index in [0.29, 0.717) is 32.1 Å². The third kappa shape index (κ3) is 5.70. The zero-order valence-electron chi connectivity index (χ0n) is 21.1. The molecular formula is C28H35N3O5S. The molecule has 1 amide bonds. The maximum absolute atomic E-state index is 13.3. The number of piperidine rings is 1. The van der Waals surface area contributed by atoms with Gasteiger partial charge in [-0.1, -0.05) is 30.3 Å². The number of likely N-dealkylation sites (tertiary alicyclic amines) is 1. The van der Waals surface area contributed by atoms with Crippen LogP contribution in [0.3, 0.4) is 0 Å². The Morgan fingerprint density at radius 2 is 1.70 bits per heavy atom. The third-order valence-corrected chi connectivity index (χ3v) is 9.44. The van der Waals surface area contributed by atoms with Crippen molar-refractivity contribution < 1.29 is 22.7 Å². The molecule has 4 aliphatic rings. The number of hydrogen-bond donors (Lipinski definition) is 1. The van der Waals surface area contributed by atoms with Gasteiger partial charge in [0, 0.05) is 38.8 Å². The fourth-order valence-electron chi connectivity index (χ4n) is 5.40. The zero-order valence-corrected chi connectivity index (χ0v) is 21.9. The first-order valence-corrected chi connectivity index (χ1v) is 14.9. The van der Waals surface area contributed by atoms with Crippen LogP contribution in [0.1, 0.15) is 42.4 Å². The lowest BCUT2D eigenvalue weighted by molar-refractivity contribution is -0.151. The molecule has 2 aromatic rings. The number of hydrogen-bond acceptors (Lipinski definition) is 6. The van der Waals surface area contributed by atoms with Gasteiger partial charge in [0.05, 0.1) is 25.7 Å². The topological polar surface area (TPSA) is 88.2 Å². The number of carbonyl (C=O) groups is 1. The van der Waals surface area contributed by atoms with Crippen LogP contribution in [0.4, 0.5) is 0 Å². The molecule has 3 aliphatic heterocycles. The Labute approximate surface area is 219 Å². The molecule has 2 saturated heterocycles. The summed E-state index contributed by atoms with van der Waals surface area (Å²) in [6.07, 6.45) is 3.47. The van der Waals surface area contributed by atoms with Crippen molar-refractivity contribution >= 4 is 15.9 Å². The third-order valence-electron chi connectivity index (χ3n) is 7.90. The second-order valence-electron chi connectivity index (χ2n) is 10.9. The Morgan fingerprint density at radius 3 is 2.32 bits per heavy atom. The zero-order chi connectivity index (χ0) is 25.4. The largest absolute Gasteiger partial charge is 0.492 e. The van der Waals surface area contributed by atoms with Crippen LogP contribution in [0.15, 0.2) is 47.4 Å². The van der Waals surface area contributed by atoms with E-state index in [2.05, 4.69) is 33.9 Å². The molecule has 9 heteroatoms. The molecule has 0 atom stereocenters. The molecule has 1 aliphatic carbocycles. The summed E-state index contributed by atoms with van der Waals surface area (Å²) < 4.78 is 40.7.